The Balaban J connectivity index is 1.38. The van der Waals surface area contributed by atoms with E-state index in [1.165, 1.54) is 12.1 Å². The molecule has 3 N–H and O–H groups in total. The molecule has 3 aliphatic heterocycles. The zero-order valence-corrected chi connectivity index (χ0v) is 15.1. The molecule has 3 aliphatic rings. The summed E-state index contributed by atoms with van der Waals surface area (Å²) in [5, 5.41) is 14.6. The summed E-state index contributed by atoms with van der Waals surface area (Å²) in [6, 6.07) is 6.50. The molecule has 2 fully saturated rings. The van der Waals surface area contributed by atoms with Crippen LogP contribution in [0.15, 0.2) is 29.4 Å². The van der Waals surface area contributed by atoms with Gasteiger partial charge in [0.1, 0.15) is 0 Å². The molecule has 2 atom stereocenters. The lowest BCUT2D eigenvalue weighted by molar-refractivity contribution is -0.384. The van der Waals surface area contributed by atoms with E-state index in [0.29, 0.717) is 25.9 Å². The molecule has 2 unspecified atom stereocenters. The van der Waals surface area contributed by atoms with E-state index < -0.39 is 16.6 Å². The molecule has 1 aromatic rings. The van der Waals surface area contributed by atoms with Crippen molar-refractivity contribution < 1.29 is 24.0 Å². The topological polar surface area (TPSA) is 142 Å². The number of ether oxygens (including phenoxy) is 2. The van der Waals surface area contributed by atoms with E-state index >= 15 is 0 Å². The predicted molar refractivity (Wildman–Crippen MR) is 97.3 cm³/mol. The number of anilines is 1. The molecule has 1 aromatic carbocycles. The van der Waals surface area contributed by atoms with Crippen LogP contribution in [-0.2, 0) is 19.1 Å². The molecule has 0 aliphatic carbocycles. The van der Waals surface area contributed by atoms with Gasteiger partial charge in [0.15, 0.2) is 17.6 Å². The number of nitrogens with two attached hydrogens (primary N) is 1. The van der Waals surface area contributed by atoms with Crippen molar-refractivity contribution in [1.82, 2.24) is 5.43 Å². The van der Waals surface area contributed by atoms with E-state index in [1.807, 2.05) is 0 Å². The minimum absolute atomic E-state index is 0.0678. The molecule has 0 saturated carbocycles. The molecule has 4 rings (SSSR count). The maximum atomic E-state index is 11.8. The molecular weight excluding hydrogens is 370 g/mol. The summed E-state index contributed by atoms with van der Waals surface area (Å²) in [7, 11) is 0. The molecule has 11 nitrogen and oxygen atoms in total. The minimum atomic E-state index is -0.741. The van der Waals surface area contributed by atoms with Gasteiger partial charge in [-0.1, -0.05) is 5.16 Å². The number of nitro benzene ring substituents is 1. The zero-order valence-electron chi connectivity index (χ0n) is 15.1. The molecule has 3 heterocycles. The van der Waals surface area contributed by atoms with Gasteiger partial charge in [-0.15, -0.1) is 0 Å². The van der Waals surface area contributed by atoms with Gasteiger partial charge in [0.05, 0.1) is 24.1 Å². The third kappa shape index (κ3) is 3.39. The number of nitro groups is 1. The minimum Gasteiger partial charge on any atom is -0.389 e. The summed E-state index contributed by atoms with van der Waals surface area (Å²) in [5.41, 5.74) is 3.28. The van der Waals surface area contributed by atoms with Crippen LogP contribution in [0.2, 0.25) is 0 Å². The van der Waals surface area contributed by atoms with E-state index in [-0.39, 0.29) is 36.6 Å². The Bertz CT molecular complexity index is 790. The van der Waals surface area contributed by atoms with Crippen LogP contribution in [0.4, 0.5) is 11.4 Å². The second-order valence-electron chi connectivity index (χ2n) is 6.99. The monoisotopic (exact) mass is 391 g/mol. The van der Waals surface area contributed by atoms with Crippen molar-refractivity contribution in [2.75, 3.05) is 31.2 Å². The Labute approximate surface area is 160 Å². The van der Waals surface area contributed by atoms with Gasteiger partial charge in [-0.2, -0.15) is 0 Å². The number of amides is 1. The van der Waals surface area contributed by atoms with E-state index in [2.05, 4.69) is 15.5 Å². The standard InChI is InChI=1S/C17H21N5O6/c18-19-16(23)15-13-9-26-17(27-10-14(13)28-20-15)5-7-21(8-6-17)11-1-3-12(4-2-11)22(24)25/h1-4,13-14H,5-10,18H2,(H,19,23). The fourth-order valence-corrected chi connectivity index (χ4v) is 3.76. The molecular formula is C17H21N5O6. The van der Waals surface area contributed by atoms with Gasteiger partial charge in [0.25, 0.3) is 11.6 Å². The van der Waals surface area contributed by atoms with Crippen molar-refractivity contribution in [2.45, 2.75) is 24.7 Å². The van der Waals surface area contributed by atoms with E-state index in [4.69, 9.17) is 20.2 Å². The summed E-state index contributed by atoms with van der Waals surface area (Å²) in [4.78, 5) is 29.7. The van der Waals surface area contributed by atoms with Crippen LogP contribution < -0.4 is 16.2 Å². The van der Waals surface area contributed by atoms with Crippen LogP contribution in [0.25, 0.3) is 0 Å². The number of hydrogen-bond acceptors (Lipinski definition) is 9. The lowest BCUT2D eigenvalue weighted by atomic mass is 9.98. The zero-order chi connectivity index (χ0) is 19.7. The first kappa shape index (κ1) is 18.6. The lowest BCUT2D eigenvalue weighted by Gasteiger charge is -2.41. The Kier molecular flexibility index (Phi) is 4.87. The first-order chi connectivity index (χ1) is 13.5. The summed E-state index contributed by atoms with van der Waals surface area (Å²) in [5.74, 6) is 3.64. The molecule has 2 saturated heterocycles. The molecule has 150 valence electrons. The first-order valence-electron chi connectivity index (χ1n) is 9.03. The number of hydrogen-bond donors (Lipinski definition) is 2. The smallest absolute Gasteiger partial charge is 0.283 e. The third-order valence-electron chi connectivity index (χ3n) is 5.44. The number of non-ortho nitro benzene ring substituents is 1. The molecule has 0 radical (unpaired) electrons. The van der Waals surface area contributed by atoms with Crippen molar-refractivity contribution in [3.63, 3.8) is 0 Å². The Hall–Kier alpha value is -2.76. The van der Waals surface area contributed by atoms with Crippen molar-refractivity contribution in [1.29, 1.82) is 0 Å². The van der Waals surface area contributed by atoms with Crippen LogP contribution in [0.5, 0.6) is 0 Å². The average Bonchev–Trinajstić information content (AvgIpc) is 3.06. The molecule has 1 amide bonds. The lowest BCUT2D eigenvalue weighted by Crippen LogP contribution is -2.48. The van der Waals surface area contributed by atoms with Crippen molar-refractivity contribution in [2.24, 2.45) is 16.9 Å². The molecule has 1 spiro atoms. The normalized spacial score (nSPS) is 26.0. The highest BCUT2D eigenvalue weighted by Crippen LogP contribution is 2.35. The number of hydrazine groups is 1. The number of benzene rings is 1. The first-order valence-corrected chi connectivity index (χ1v) is 9.03. The highest BCUT2D eigenvalue weighted by atomic mass is 16.7. The Morgan fingerprint density at radius 2 is 1.93 bits per heavy atom. The van der Waals surface area contributed by atoms with Crippen LogP contribution in [0.1, 0.15) is 12.8 Å². The van der Waals surface area contributed by atoms with Crippen LogP contribution in [0.3, 0.4) is 0 Å². The average molecular weight is 391 g/mol. The summed E-state index contributed by atoms with van der Waals surface area (Å²) < 4.78 is 12.1. The van der Waals surface area contributed by atoms with Crippen molar-refractivity contribution >= 4 is 23.0 Å². The number of carbonyl (C=O) groups excluding carboxylic acids is 1. The van der Waals surface area contributed by atoms with Crippen LogP contribution in [0, 0.1) is 16.0 Å². The largest absolute Gasteiger partial charge is 0.389 e. The van der Waals surface area contributed by atoms with E-state index in [1.54, 1.807) is 12.1 Å². The van der Waals surface area contributed by atoms with Gasteiger partial charge < -0.3 is 19.2 Å². The fraction of sp³-hybridized carbons (Fsp3) is 0.529. The third-order valence-corrected chi connectivity index (χ3v) is 5.44. The number of nitrogens with one attached hydrogen (secondary N) is 1. The molecule has 0 aromatic heterocycles. The summed E-state index contributed by atoms with van der Waals surface area (Å²) in [6.45, 7) is 1.89. The Morgan fingerprint density at radius 3 is 2.57 bits per heavy atom. The number of carbonyl (C=O) groups is 1. The summed E-state index contributed by atoms with van der Waals surface area (Å²) >= 11 is 0. The highest BCUT2D eigenvalue weighted by molar-refractivity contribution is 6.39. The number of fused-ring (bicyclic) bond motifs is 1. The SMILES string of the molecule is NNC(=O)C1=NOC2COC3(CCN(c4ccc([N+](=O)[O-])cc4)CC3)OCC12. The number of piperidine rings is 1. The van der Waals surface area contributed by atoms with Crippen LogP contribution in [-0.4, -0.2) is 54.7 Å². The quantitative estimate of drug-likeness (QED) is 0.324. The fourth-order valence-electron chi connectivity index (χ4n) is 3.76. The Morgan fingerprint density at radius 1 is 1.25 bits per heavy atom. The second kappa shape index (κ2) is 7.34. The maximum absolute atomic E-state index is 11.8. The van der Waals surface area contributed by atoms with Gasteiger partial charge >= 0.3 is 0 Å². The predicted octanol–water partition coefficient (Wildman–Crippen LogP) is 0.299. The molecule has 11 heteroatoms. The van der Waals surface area contributed by atoms with Crippen molar-refractivity contribution in [3.8, 4) is 0 Å². The second-order valence-corrected chi connectivity index (χ2v) is 6.99. The number of nitrogens with zero attached hydrogens (tertiary/aromatic N) is 3. The number of rotatable bonds is 3. The van der Waals surface area contributed by atoms with Gasteiger partial charge in [0, 0.05) is 43.8 Å². The molecule has 0 bridgehead atoms. The van der Waals surface area contributed by atoms with Gasteiger partial charge in [-0.25, -0.2) is 5.84 Å². The summed E-state index contributed by atoms with van der Waals surface area (Å²) in [6.07, 6.45) is 0.872. The molecule has 28 heavy (non-hydrogen) atoms. The van der Waals surface area contributed by atoms with Gasteiger partial charge in [-0.3, -0.25) is 20.3 Å². The van der Waals surface area contributed by atoms with Crippen LogP contribution >= 0.6 is 0 Å². The highest BCUT2D eigenvalue weighted by Gasteiger charge is 2.47. The number of oxime groups is 1. The van der Waals surface area contributed by atoms with Crippen molar-refractivity contribution in [3.05, 3.63) is 34.4 Å². The van der Waals surface area contributed by atoms with E-state index in [9.17, 15) is 14.9 Å². The van der Waals surface area contributed by atoms with Gasteiger partial charge in [-0.05, 0) is 12.1 Å². The van der Waals surface area contributed by atoms with Gasteiger partial charge in [0.2, 0.25) is 0 Å². The maximum Gasteiger partial charge on any atom is 0.283 e. The van der Waals surface area contributed by atoms with E-state index in [0.717, 1.165) is 5.69 Å².